The van der Waals surface area contributed by atoms with Crippen molar-refractivity contribution in [2.45, 2.75) is 17.9 Å². The van der Waals surface area contributed by atoms with Gasteiger partial charge in [0, 0.05) is 18.7 Å². The standard InChI is InChI=1S/C10H16N4O4S/c1-7(6-11)13-9-4-3-8(19(17,18)12-2)5-10(9)14(15)16/h3-5,7,12-13H,6,11H2,1-2H3. The summed E-state index contributed by atoms with van der Waals surface area (Å²) in [5, 5.41) is 13.8. The number of nitrogens with one attached hydrogen (secondary N) is 2. The molecule has 0 aliphatic carbocycles. The molecule has 0 radical (unpaired) electrons. The monoisotopic (exact) mass is 288 g/mol. The lowest BCUT2D eigenvalue weighted by atomic mass is 10.2. The lowest BCUT2D eigenvalue weighted by Crippen LogP contribution is -2.25. The topological polar surface area (TPSA) is 127 Å². The summed E-state index contributed by atoms with van der Waals surface area (Å²) in [6.45, 7) is 2.07. The Balaban J connectivity index is 3.27. The van der Waals surface area contributed by atoms with Crippen LogP contribution in [-0.2, 0) is 10.0 Å². The fraction of sp³-hybridized carbons (Fsp3) is 0.400. The number of benzene rings is 1. The zero-order valence-corrected chi connectivity index (χ0v) is 11.4. The normalized spacial score (nSPS) is 13.0. The first kappa shape index (κ1) is 15.3. The Morgan fingerprint density at radius 2 is 2.11 bits per heavy atom. The van der Waals surface area contributed by atoms with Crippen molar-refractivity contribution >= 4 is 21.4 Å². The Morgan fingerprint density at radius 3 is 2.58 bits per heavy atom. The van der Waals surface area contributed by atoms with Gasteiger partial charge in [0.25, 0.3) is 5.69 Å². The van der Waals surface area contributed by atoms with E-state index in [1.54, 1.807) is 6.92 Å². The number of nitro benzene ring substituents is 1. The van der Waals surface area contributed by atoms with Gasteiger partial charge in [0.15, 0.2) is 0 Å². The SMILES string of the molecule is CNS(=O)(=O)c1ccc(NC(C)CN)c([N+](=O)[O-])c1. The summed E-state index contributed by atoms with van der Waals surface area (Å²) in [6, 6.07) is 3.50. The largest absolute Gasteiger partial charge is 0.376 e. The molecule has 0 saturated heterocycles. The maximum Gasteiger partial charge on any atom is 0.293 e. The van der Waals surface area contributed by atoms with Gasteiger partial charge in [-0.1, -0.05) is 0 Å². The van der Waals surface area contributed by atoms with Crippen LogP contribution >= 0.6 is 0 Å². The summed E-state index contributed by atoms with van der Waals surface area (Å²) in [5.41, 5.74) is 5.35. The average molecular weight is 288 g/mol. The van der Waals surface area contributed by atoms with Crippen LogP contribution in [-0.4, -0.2) is 33.0 Å². The molecule has 1 aromatic rings. The fourth-order valence-electron chi connectivity index (χ4n) is 1.39. The quantitative estimate of drug-likeness (QED) is 0.509. The van der Waals surface area contributed by atoms with E-state index in [4.69, 9.17) is 5.73 Å². The third-order valence-electron chi connectivity index (χ3n) is 2.50. The number of sulfonamides is 1. The molecule has 1 aromatic carbocycles. The minimum atomic E-state index is -3.71. The van der Waals surface area contributed by atoms with Crippen LogP contribution in [0.4, 0.5) is 11.4 Å². The van der Waals surface area contributed by atoms with Crippen LogP contribution in [0.25, 0.3) is 0 Å². The Kier molecular flexibility index (Phi) is 4.81. The molecule has 0 fully saturated rings. The molecule has 0 saturated carbocycles. The van der Waals surface area contributed by atoms with Crippen LogP contribution in [0.3, 0.4) is 0 Å². The first-order valence-electron chi connectivity index (χ1n) is 5.50. The smallest absolute Gasteiger partial charge is 0.293 e. The van der Waals surface area contributed by atoms with Gasteiger partial charge in [-0.05, 0) is 26.1 Å². The van der Waals surface area contributed by atoms with E-state index in [0.717, 1.165) is 6.07 Å². The molecule has 0 spiro atoms. The molecule has 106 valence electrons. The van der Waals surface area contributed by atoms with E-state index < -0.39 is 14.9 Å². The van der Waals surface area contributed by atoms with Crippen LogP contribution < -0.4 is 15.8 Å². The van der Waals surface area contributed by atoms with Crippen LogP contribution in [0.15, 0.2) is 23.1 Å². The second kappa shape index (κ2) is 5.95. The molecular formula is C10H16N4O4S. The summed E-state index contributed by atoms with van der Waals surface area (Å²) < 4.78 is 25.3. The first-order valence-corrected chi connectivity index (χ1v) is 6.98. The van der Waals surface area contributed by atoms with Gasteiger partial charge >= 0.3 is 0 Å². The van der Waals surface area contributed by atoms with E-state index in [0.29, 0.717) is 6.54 Å². The number of nitrogens with zero attached hydrogens (tertiary/aromatic N) is 1. The van der Waals surface area contributed by atoms with Gasteiger partial charge < -0.3 is 11.1 Å². The van der Waals surface area contributed by atoms with E-state index in [1.165, 1.54) is 19.2 Å². The Hall–Kier alpha value is -1.71. The van der Waals surface area contributed by atoms with E-state index in [2.05, 4.69) is 10.0 Å². The molecule has 1 atom stereocenters. The highest BCUT2D eigenvalue weighted by molar-refractivity contribution is 7.89. The predicted molar refractivity (Wildman–Crippen MR) is 71.5 cm³/mol. The molecule has 0 heterocycles. The van der Waals surface area contributed by atoms with Gasteiger partial charge in [0.05, 0.1) is 9.82 Å². The van der Waals surface area contributed by atoms with E-state index in [-0.39, 0.29) is 22.3 Å². The molecule has 0 aliphatic heterocycles. The number of nitro groups is 1. The Bertz CT molecular complexity index is 573. The fourth-order valence-corrected chi connectivity index (χ4v) is 2.14. The second-order valence-electron chi connectivity index (χ2n) is 3.92. The maximum absolute atomic E-state index is 11.6. The third kappa shape index (κ3) is 3.63. The van der Waals surface area contributed by atoms with Crippen molar-refractivity contribution in [3.63, 3.8) is 0 Å². The molecule has 0 aliphatic rings. The first-order chi connectivity index (χ1) is 8.81. The van der Waals surface area contributed by atoms with Gasteiger partial charge in [-0.3, -0.25) is 10.1 Å². The minimum Gasteiger partial charge on any atom is -0.376 e. The number of hydrogen-bond acceptors (Lipinski definition) is 6. The van der Waals surface area contributed by atoms with Crippen molar-refractivity contribution in [1.29, 1.82) is 0 Å². The molecule has 8 nitrogen and oxygen atoms in total. The lowest BCUT2D eigenvalue weighted by molar-refractivity contribution is -0.384. The summed E-state index contributed by atoms with van der Waals surface area (Å²) in [6.07, 6.45) is 0. The van der Waals surface area contributed by atoms with Gasteiger partial charge in [-0.2, -0.15) is 0 Å². The number of nitrogens with two attached hydrogens (primary N) is 1. The highest BCUT2D eigenvalue weighted by Crippen LogP contribution is 2.27. The van der Waals surface area contributed by atoms with Gasteiger partial charge in [-0.25, -0.2) is 13.1 Å². The van der Waals surface area contributed by atoms with Gasteiger partial charge in [0.1, 0.15) is 5.69 Å². The lowest BCUT2D eigenvalue weighted by Gasteiger charge is -2.13. The van der Waals surface area contributed by atoms with Crippen molar-refractivity contribution in [3.8, 4) is 0 Å². The Morgan fingerprint density at radius 1 is 1.47 bits per heavy atom. The average Bonchev–Trinajstić information content (AvgIpc) is 2.38. The highest BCUT2D eigenvalue weighted by Gasteiger charge is 2.20. The summed E-state index contributed by atoms with van der Waals surface area (Å²) in [5.74, 6) is 0. The molecule has 1 rings (SSSR count). The molecule has 0 amide bonds. The van der Waals surface area contributed by atoms with E-state index in [9.17, 15) is 18.5 Å². The van der Waals surface area contributed by atoms with Gasteiger partial charge in [-0.15, -0.1) is 0 Å². The number of anilines is 1. The van der Waals surface area contributed by atoms with E-state index in [1.807, 2.05) is 0 Å². The molecule has 1 unspecified atom stereocenters. The predicted octanol–water partition coefficient (Wildman–Crippen LogP) is 0.262. The number of hydrogen-bond donors (Lipinski definition) is 3. The van der Waals surface area contributed by atoms with Crippen molar-refractivity contribution < 1.29 is 13.3 Å². The second-order valence-corrected chi connectivity index (χ2v) is 5.81. The van der Waals surface area contributed by atoms with Crippen LogP contribution in [0.5, 0.6) is 0 Å². The maximum atomic E-state index is 11.6. The minimum absolute atomic E-state index is 0.160. The highest BCUT2D eigenvalue weighted by atomic mass is 32.2. The molecule has 4 N–H and O–H groups in total. The summed E-state index contributed by atoms with van der Waals surface area (Å²) in [7, 11) is -2.47. The zero-order valence-electron chi connectivity index (χ0n) is 10.6. The van der Waals surface area contributed by atoms with Crippen LogP contribution in [0.2, 0.25) is 0 Å². The number of rotatable bonds is 6. The van der Waals surface area contributed by atoms with Crippen LogP contribution in [0.1, 0.15) is 6.92 Å². The molecular weight excluding hydrogens is 272 g/mol. The molecule has 19 heavy (non-hydrogen) atoms. The zero-order chi connectivity index (χ0) is 14.6. The van der Waals surface area contributed by atoms with Crippen molar-refractivity contribution in [3.05, 3.63) is 28.3 Å². The molecule has 0 aromatic heterocycles. The summed E-state index contributed by atoms with van der Waals surface area (Å²) in [4.78, 5) is 10.2. The van der Waals surface area contributed by atoms with Crippen molar-refractivity contribution in [2.75, 3.05) is 18.9 Å². The molecule has 0 bridgehead atoms. The molecule has 9 heteroatoms. The summed E-state index contributed by atoms with van der Waals surface area (Å²) >= 11 is 0. The van der Waals surface area contributed by atoms with Crippen molar-refractivity contribution in [2.24, 2.45) is 5.73 Å². The Labute approximate surface area is 111 Å². The van der Waals surface area contributed by atoms with Gasteiger partial charge in [0.2, 0.25) is 10.0 Å². The van der Waals surface area contributed by atoms with Crippen LogP contribution in [0, 0.1) is 10.1 Å². The van der Waals surface area contributed by atoms with E-state index >= 15 is 0 Å². The van der Waals surface area contributed by atoms with Crippen molar-refractivity contribution in [1.82, 2.24) is 4.72 Å². The third-order valence-corrected chi connectivity index (χ3v) is 3.91.